The minimum Gasteiger partial charge on any atom is -0.393 e. The number of halogens is 3. The number of nitrogens with one attached hydrogen (secondary N) is 2. The number of benzene rings is 1. The number of anilines is 1. The number of alkyl halides is 3. The molecule has 1 aromatic carbocycles. The van der Waals surface area contributed by atoms with Crippen molar-refractivity contribution >= 4 is 28.9 Å². The van der Waals surface area contributed by atoms with Crippen molar-refractivity contribution in [1.29, 1.82) is 0 Å². The second-order valence-corrected chi connectivity index (χ2v) is 4.77. The standard InChI is InChI=1S/C12H14F3N3OS/c1-7(5-10(16)20)17-11(19)18-9-4-2-3-8(6-9)12(13,14)15/h2-4,6-7H,5H2,1H3,(H2,16,20)(H2,17,18,19). The van der Waals surface area contributed by atoms with Gasteiger partial charge in [0, 0.05) is 18.2 Å². The molecule has 4 N–H and O–H groups in total. The maximum Gasteiger partial charge on any atom is 0.416 e. The maximum absolute atomic E-state index is 12.5. The molecule has 1 aromatic rings. The van der Waals surface area contributed by atoms with E-state index in [1.165, 1.54) is 12.1 Å². The van der Waals surface area contributed by atoms with Crippen molar-refractivity contribution in [2.45, 2.75) is 25.6 Å². The number of amides is 2. The first-order chi connectivity index (χ1) is 9.18. The molecule has 0 spiro atoms. The van der Waals surface area contributed by atoms with Crippen molar-refractivity contribution in [1.82, 2.24) is 5.32 Å². The van der Waals surface area contributed by atoms with Crippen LogP contribution in [0.2, 0.25) is 0 Å². The third-order valence-corrected chi connectivity index (χ3v) is 2.50. The highest BCUT2D eigenvalue weighted by Gasteiger charge is 2.30. The number of hydrogen-bond acceptors (Lipinski definition) is 2. The van der Waals surface area contributed by atoms with Gasteiger partial charge in [-0.3, -0.25) is 0 Å². The lowest BCUT2D eigenvalue weighted by molar-refractivity contribution is -0.137. The Kier molecular flexibility index (Phi) is 5.32. The van der Waals surface area contributed by atoms with Crippen molar-refractivity contribution in [3.63, 3.8) is 0 Å². The summed E-state index contributed by atoms with van der Waals surface area (Å²) in [6.07, 6.45) is -4.14. The smallest absolute Gasteiger partial charge is 0.393 e. The summed E-state index contributed by atoms with van der Waals surface area (Å²) in [6.45, 7) is 1.69. The number of carbonyl (C=O) groups is 1. The molecule has 0 radical (unpaired) electrons. The van der Waals surface area contributed by atoms with Gasteiger partial charge in [0.15, 0.2) is 0 Å². The Morgan fingerprint density at radius 2 is 2.10 bits per heavy atom. The third kappa shape index (κ3) is 5.43. The zero-order chi connectivity index (χ0) is 15.3. The van der Waals surface area contributed by atoms with Crippen LogP contribution in [0.25, 0.3) is 0 Å². The molecule has 0 aliphatic heterocycles. The number of carbonyl (C=O) groups excluding carboxylic acids is 1. The molecule has 0 heterocycles. The van der Waals surface area contributed by atoms with Crippen molar-refractivity contribution in [3.8, 4) is 0 Å². The summed E-state index contributed by atoms with van der Waals surface area (Å²) < 4.78 is 37.5. The van der Waals surface area contributed by atoms with Crippen LogP contribution < -0.4 is 16.4 Å². The summed E-state index contributed by atoms with van der Waals surface area (Å²) >= 11 is 4.69. The molecular weight excluding hydrogens is 291 g/mol. The molecule has 4 nitrogen and oxygen atoms in total. The Morgan fingerprint density at radius 1 is 1.45 bits per heavy atom. The fourth-order valence-corrected chi connectivity index (χ4v) is 1.77. The summed E-state index contributed by atoms with van der Waals surface area (Å²) in [6, 6.07) is 3.45. The van der Waals surface area contributed by atoms with Gasteiger partial charge in [-0.1, -0.05) is 18.3 Å². The molecule has 20 heavy (non-hydrogen) atoms. The summed E-state index contributed by atoms with van der Waals surface area (Å²) in [5, 5.41) is 4.84. The maximum atomic E-state index is 12.5. The van der Waals surface area contributed by atoms with Crippen LogP contribution in [0, 0.1) is 0 Å². The lowest BCUT2D eigenvalue weighted by atomic mass is 10.2. The first kappa shape index (κ1) is 16.2. The van der Waals surface area contributed by atoms with Gasteiger partial charge < -0.3 is 16.4 Å². The van der Waals surface area contributed by atoms with E-state index >= 15 is 0 Å². The van der Waals surface area contributed by atoms with Crippen LogP contribution in [0.3, 0.4) is 0 Å². The Hall–Kier alpha value is -1.83. The normalized spacial score (nSPS) is 12.6. The first-order valence-corrected chi connectivity index (χ1v) is 6.12. The topological polar surface area (TPSA) is 67.1 Å². The van der Waals surface area contributed by atoms with Gasteiger partial charge >= 0.3 is 12.2 Å². The van der Waals surface area contributed by atoms with Gasteiger partial charge in [-0.05, 0) is 25.1 Å². The van der Waals surface area contributed by atoms with Gasteiger partial charge in [-0.15, -0.1) is 0 Å². The van der Waals surface area contributed by atoms with Gasteiger partial charge in [-0.2, -0.15) is 13.2 Å². The lowest BCUT2D eigenvalue weighted by Crippen LogP contribution is -2.38. The van der Waals surface area contributed by atoms with E-state index in [-0.39, 0.29) is 16.7 Å². The van der Waals surface area contributed by atoms with Gasteiger partial charge in [0.25, 0.3) is 0 Å². The predicted octanol–water partition coefficient (Wildman–Crippen LogP) is 2.89. The van der Waals surface area contributed by atoms with Gasteiger partial charge in [-0.25, -0.2) is 4.79 Å². The minimum absolute atomic E-state index is 0.0554. The average molecular weight is 305 g/mol. The first-order valence-electron chi connectivity index (χ1n) is 5.71. The van der Waals surface area contributed by atoms with Crippen LogP contribution in [0.15, 0.2) is 24.3 Å². The molecule has 2 amide bonds. The molecule has 0 saturated heterocycles. The largest absolute Gasteiger partial charge is 0.416 e. The second-order valence-electron chi connectivity index (χ2n) is 4.25. The molecule has 1 rings (SSSR count). The molecule has 0 aliphatic rings. The quantitative estimate of drug-likeness (QED) is 0.749. The molecule has 8 heteroatoms. The van der Waals surface area contributed by atoms with Crippen LogP contribution in [0.1, 0.15) is 18.9 Å². The Bertz CT molecular complexity index is 505. The highest BCUT2D eigenvalue weighted by atomic mass is 32.1. The molecule has 110 valence electrons. The monoisotopic (exact) mass is 305 g/mol. The molecule has 0 aromatic heterocycles. The number of thiocarbonyl (C=S) groups is 1. The van der Waals surface area contributed by atoms with E-state index in [1.54, 1.807) is 6.92 Å². The van der Waals surface area contributed by atoms with Crippen LogP contribution in [0.5, 0.6) is 0 Å². The minimum atomic E-state index is -4.45. The molecule has 0 saturated carbocycles. The van der Waals surface area contributed by atoms with Gasteiger partial charge in [0.2, 0.25) is 0 Å². The fraction of sp³-hybridized carbons (Fsp3) is 0.333. The summed E-state index contributed by atoms with van der Waals surface area (Å²) in [4.78, 5) is 11.8. The van der Waals surface area contributed by atoms with Crippen molar-refractivity contribution < 1.29 is 18.0 Å². The van der Waals surface area contributed by atoms with E-state index in [4.69, 9.17) is 18.0 Å². The van der Waals surface area contributed by atoms with Crippen LogP contribution in [-0.4, -0.2) is 17.1 Å². The summed E-state index contributed by atoms with van der Waals surface area (Å²) in [5.74, 6) is 0. The van der Waals surface area contributed by atoms with E-state index < -0.39 is 17.8 Å². The Morgan fingerprint density at radius 3 is 2.65 bits per heavy atom. The predicted molar refractivity (Wildman–Crippen MR) is 74.5 cm³/mol. The van der Waals surface area contributed by atoms with E-state index in [2.05, 4.69) is 10.6 Å². The SMILES string of the molecule is CC(CC(N)=S)NC(=O)Nc1cccc(C(F)(F)F)c1. The Balaban J connectivity index is 2.65. The van der Waals surface area contributed by atoms with Crippen LogP contribution >= 0.6 is 12.2 Å². The van der Waals surface area contributed by atoms with Gasteiger partial charge in [0.05, 0.1) is 10.6 Å². The Labute approximate surface area is 119 Å². The van der Waals surface area contributed by atoms with Crippen LogP contribution in [0.4, 0.5) is 23.7 Å². The fourth-order valence-electron chi connectivity index (χ4n) is 1.52. The van der Waals surface area contributed by atoms with Crippen LogP contribution in [-0.2, 0) is 6.18 Å². The highest BCUT2D eigenvalue weighted by Crippen LogP contribution is 2.30. The lowest BCUT2D eigenvalue weighted by Gasteiger charge is -2.14. The zero-order valence-electron chi connectivity index (χ0n) is 10.6. The van der Waals surface area contributed by atoms with Gasteiger partial charge in [0.1, 0.15) is 0 Å². The van der Waals surface area contributed by atoms with E-state index in [9.17, 15) is 18.0 Å². The van der Waals surface area contributed by atoms with E-state index in [0.29, 0.717) is 6.42 Å². The van der Waals surface area contributed by atoms with Crippen molar-refractivity contribution in [2.24, 2.45) is 5.73 Å². The molecular formula is C12H14F3N3OS. The highest BCUT2D eigenvalue weighted by molar-refractivity contribution is 7.80. The number of rotatable bonds is 4. The van der Waals surface area contributed by atoms with Crippen molar-refractivity contribution in [2.75, 3.05) is 5.32 Å². The molecule has 0 bridgehead atoms. The van der Waals surface area contributed by atoms with E-state index in [0.717, 1.165) is 12.1 Å². The van der Waals surface area contributed by atoms with Crippen molar-refractivity contribution in [3.05, 3.63) is 29.8 Å². The van der Waals surface area contributed by atoms with E-state index in [1.807, 2.05) is 0 Å². The molecule has 1 atom stereocenters. The summed E-state index contributed by atoms with van der Waals surface area (Å²) in [5.41, 5.74) is 4.55. The molecule has 1 unspecified atom stereocenters. The second kappa shape index (κ2) is 6.56. The summed E-state index contributed by atoms with van der Waals surface area (Å²) in [7, 11) is 0. The number of urea groups is 1. The third-order valence-electron chi connectivity index (χ3n) is 2.33. The number of nitrogens with two attached hydrogens (primary N) is 1. The number of hydrogen-bond donors (Lipinski definition) is 3. The molecule has 0 fully saturated rings. The average Bonchev–Trinajstić information content (AvgIpc) is 2.26. The molecule has 0 aliphatic carbocycles. The zero-order valence-corrected chi connectivity index (χ0v) is 11.4.